The molecule has 0 unspecified atom stereocenters. The van der Waals surface area contributed by atoms with Gasteiger partial charge in [0.15, 0.2) is 12.3 Å². The molecule has 2 saturated heterocycles. The average Bonchev–Trinajstić information content (AvgIpc) is 2.95. The molecule has 2 aliphatic heterocycles. The second kappa shape index (κ2) is 7.74. The van der Waals surface area contributed by atoms with Crippen LogP contribution in [0.25, 0.3) is 0 Å². The fourth-order valence-electron chi connectivity index (χ4n) is 2.92. The van der Waals surface area contributed by atoms with Crippen molar-refractivity contribution >= 4 is 11.9 Å². The maximum atomic E-state index is 12.7. The third-order valence-electron chi connectivity index (χ3n) is 4.17. The van der Waals surface area contributed by atoms with Gasteiger partial charge in [0, 0.05) is 18.2 Å². The van der Waals surface area contributed by atoms with E-state index in [1.54, 1.807) is 11.0 Å². The van der Waals surface area contributed by atoms with Gasteiger partial charge in [-0.3, -0.25) is 0 Å². The van der Waals surface area contributed by atoms with Crippen molar-refractivity contribution in [2.75, 3.05) is 7.11 Å². The summed E-state index contributed by atoms with van der Waals surface area (Å²) in [5, 5.41) is 8.80. The second-order valence-corrected chi connectivity index (χ2v) is 5.81. The third-order valence-corrected chi connectivity index (χ3v) is 4.17. The Hall–Kier alpha value is -3.27. The molecular formula is C19H18N2O5. The second-order valence-electron chi connectivity index (χ2n) is 5.81. The van der Waals surface area contributed by atoms with Crippen LogP contribution in [0, 0.1) is 11.3 Å². The highest BCUT2D eigenvalue weighted by atomic mass is 16.6. The van der Waals surface area contributed by atoms with E-state index in [1.165, 1.54) is 13.2 Å². The lowest BCUT2D eigenvalue weighted by Gasteiger charge is -2.39. The maximum Gasteiger partial charge on any atom is 0.337 e. The molecule has 7 heteroatoms. The summed E-state index contributed by atoms with van der Waals surface area (Å²) < 4.78 is 15.8. The Labute approximate surface area is 151 Å². The minimum Gasteiger partial charge on any atom is -0.472 e. The fraction of sp³-hybridized carbons (Fsp3) is 0.316. The fourth-order valence-corrected chi connectivity index (χ4v) is 2.92. The predicted molar refractivity (Wildman–Crippen MR) is 89.8 cm³/mol. The lowest BCUT2D eigenvalue weighted by Crippen LogP contribution is -2.49. The zero-order valence-corrected chi connectivity index (χ0v) is 14.3. The van der Waals surface area contributed by atoms with E-state index in [0.29, 0.717) is 17.9 Å². The molecule has 0 N–H and O–H groups in total. The SMILES string of the molecule is COC(=O)C=C1C[C@H]2OC(=CCC#N)[C@H](C(=O)OCc3ccccc3)N12. The summed E-state index contributed by atoms with van der Waals surface area (Å²) in [4.78, 5) is 25.9. The van der Waals surface area contributed by atoms with E-state index in [2.05, 4.69) is 4.74 Å². The van der Waals surface area contributed by atoms with Gasteiger partial charge >= 0.3 is 11.9 Å². The van der Waals surface area contributed by atoms with Crippen molar-refractivity contribution < 1.29 is 23.8 Å². The number of hydrogen-bond donors (Lipinski definition) is 0. The Balaban J connectivity index is 1.77. The van der Waals surface area contributed by atoms with E-state index in [4.69, 9.17) is 14.7 Å². The number of allylic oxidation sites excluding steroid dienone is 1. The summed E-state index contributed by atoms with van der Waals surface area (Å²) in [5.41, 5.74) is 1.51. The predicted octanol–water partition coefficient (Wildman–Crippen LogP) is 2.01. The number of benzene rings is 1. The zero-order valence-electron chi connectivity index (χ0n) is 14.3. The van der Waals surface area contributed by atoms with Gasteiger partial charge in [-0.1, -0.05) is 30.3 Å². The minimum atomic E-state index is -0.804. The summed E-state index contributed by atoms with van der Waals surface area (Å²) in [6.45, 7) is 0.135. The number of fused-ring (bicyclic) bond motifs is 1. The Bertz CT molecular complexity index is 794. The maximum absolute atomic E-state index is 12.7. The Kier molecular flexibility index (Phi) is 5.23. The molecule has 2 aliphatic rings. The van der Waals surface area contributed by atoms with Gasteiger partial charge in [-0.25, -0.2) is 9.59 Å². The average molecular weight is 354 g/mol. The Morgan fingerprint density at radius 2 is 2.15 bits per heavy atom. The summed E-state index contributed by atoms with van der Waals surface area (Å²) in [7, 11) is 1.29. The van der Waals surface area contributed by atoms with E-state index in [1.807, 2.05) is 36.4 Å². The smallest absolute Gasteiger partial charge is 0.337 e. The van der Waals surface area contributed by atoms with Crippen LogP contribution in [0.3, 0.4) is 0 Å². The first kappa shape index (κ1) is 17.5. The van der Waals surface area contributed by atoms with Gasteiger partial charge in [0.1, 0.15) is 12.4 Å². The highest BCUT2D eigenvalue weighted by molar-refractivity contribution is 5.84. The van der Waals surface area contributed by atoms with Crippen LogP contribution in [0.2, 0.25) is 0 Å². The Morgan fingerprint density at radius 3 is 2.85 bits per heavy atom. The van der Waals surface area contributed by atoms with Crippen molar-refractivity contribution in [2.24, 2.45) is 0 Å². The van der Waals surface area contributed by atoms with Crippen LogP contribution in [0.15, 0.2) is 53.9 Å². The molecule has 2 heterocycles. The molecule has 1 aromatic rings. The van der Waals surface area contributed by atoms with Crippen LogP contribution in [0.5, 0.6) is 0 Å². The highest BCUT2D eigenvalue weighted by Crippen LogP contribution is 2.43. The standard InChI is InChI=1S/C19H18N2O5/c1-24-17(22)11-14-10-16-21(14)18(15(26-16)8-5-9-20)19(23)25-12-13-6-3-2-4-7-13/h2-4,6-8,11,16,18H,5,10,12H2,1H3/t16-,18-/m1/s1. The van der Waals surface area contributed by atoms with Gasteiger partial charge in [0.25, 0.3) is 0 Å². The number of rotatable bonds is 5. The summed E-state index contributed by atoms with van der Waals surface area (Å²) in [5.74, 6) is -0.608. The van der Waals surface area contributed by atoms with Crippen molar-refractivity contribution in [1.82, 2.24) is 4.90 Å². The topological polar surface area (TPSA) is 88.9 Å². The van der Waals surface area contributed by atoms with E-state index >= 15 is 0 Å². The molecule has 3 rings (SSSR count). The first-order chi connectivity index (χ1) is 12.6. The zero-order chi connectivity index (χ0) is 18.5. The molecule has 0 aliphatic carbocycles. The lowest BCUT2D eigenvalue weighted by atomic mass is 10.0. The monoisotopic (exact) mass is 354 g/mol. The van der Waals surface area contributed by atoms with Crippen molar-refractivity contribution in [3.8, 4) is 6.07 Å². The molecule has 0 bridgehead atoms. The molecule has 1 aromatic carbocycles. The molecule has 2 atom stereocenters. The lowest BCUT2D eigenvalue weighted by molar-refractivity contribution is -0.150. The largest absolute Gasteiger partial charge is 0.472 e. The molecular weight excluding hydrogens is 336 g/mol. The molecule has 0 amide bonds. The van der Waals surface area contributed by atoms with Crippen LogP contribution < -0.4 is 0 Å². The molecule has 134 valence electrons. The Morgan fingerprint density at radius 1 is 1.38 bits per heavy atom. The van der Waals surface area contributed by atoms with E-state index in [9.17, 15) is 9.59 Å². The van der Waals surface area contributed by atoms with Crippen molar-refractivity contribution in [1.29, 1.82) is 5.26 Å². The number of methoxy groups -OCH3 is 1. The van der Waals surface area contributed by atoms with Crippen LogP contribution in [0.4, 0.5) is 0 Å². The van der Waals surface area contributed by atoms with E-state index in [0.717, 1.165) is 5.56 Å². The number of ether oxygens (including phenoxy) is 3. The summed E-state index contributed by atoms with van der Waals surface area (Å²) in [6.07, 6.45) is 3.17. The molecule has 2 fully saturated rings. The van der Waals surface area contributed by atoms with E-state index < -0.39 is 18.0 Å². The number of nitrogens with zero attached hydrogens (tertiary/aromatic N) is 2. The molecule has 7 nitrogen and oxygen atoms in total. The van der Waals surface area contributed by atoms with Gasteiger partial charge in [-0.2, -0.15) is 5.26 Å². The first-order valence-corrected chi connectivity index (χ1v) is 8.15. The van der Waals surface area contributed by atoms with Crippen molar-refractivity contribution in [2.45, 2.75) is 31.7 Å². The number of hydrogen-bond acceptors (Lipinski definition) is 7. The molecule has 0 spiro atoms. The van der Waals surface area contributed by atoms with Crippen LogP contribution >= 0.6 is 0 Å². The van der Waals surface area contributed by atoms with E-state index in [-0.39, 0.29) is 19.3 Å². The normalized spacial score (nSPS) is 23.6. The first-order valence-electron chi connectivity index (χ1n) is 8.15. The number of carbonyl (C=O) groups excluding carboxylic acids is 2. The number of nitriles is 1. The van der Waals surface area contributed by atoms with Gasteiger partial charge in [-0.05, 0) is 11.6 Å². The van der Waals surface area contributed by atoms with Crippen LogP contribution in [-0.4, -0.2) is 36.2 Å². The van der Waals surface area contributed by atoms with Gasteiger partial charge in [-0.15, -0.1) is 0 Å². The van der Waals surface area contributed by atoms with Gasteiger partial charge in [0.05, 0.1) is 19.6 Å². The molecule has 0 saturated carbocycles. The van der Waals surface area contributed by atoms with Crippen LogP contribution in [-0.2, 0) is 30.4 Å². The number of esters is 2. The highest BCUT2D eigenvalue weighted by Gasteiger charge is 2.51. The van der Waals surface area contributed by atoms with Gasteiger partial charge < -0.3 is 19.1 Å². The molecule has 0 aromatic heterocycles. The van der Waals surface area contributed by atoms with Crippen LogP contribution in [0.1, 0.15) is 18.4 Å². The third kappa shape index (κ3) is 3.54. The van der Waals surface area contributed by atoms with Crippen molar-refractivity contribution in [3.05, 3.63) is 59.5 Å². The van der Waals surface area contributed by atoms with Gasteiger partial charge in [0.2, 0.25) is 0 Å². The molecule has 0 radical (unpaired) electrons. The minimum absolute atomic E-state index is 0.119. The quantitative estimate of drug-likeness (QED) is 0.590. The summed E-state index contributed by atoms with van der Waals surface area (Å²) >= 11 is 0. The summed E-state index contributed by atoms with van der Waals surface area (Å²) in [6, 6.07) is 10.5. The molecule has 26 heavy (non-hydrogen) atoms. The number of carbonyl (C=O) groups is 2. The van der Waals surface area contributed by atoms with Crippen molar-refractivity contribution in [3.63, 3.8) is 0 Å².